The third kappa shape index (κ3) is 4.96. The van der Waals surface area contributed by atoms with Crippen LogP contribution in [-0.4, -0.2) is 40.8 Å². The molecule has 0 radical (unpaired) electrons. The van der Waals surface area contributed by atoms with Crippen LogP contribution < -0.4 is 10.1 Å². The average Bonchev–Trinajstić information content (AvgIpc) is 3.02. The molecule has 1 heterocycles. The Morgan fingerprint density at radius 3 is 2.55 bits per heavy atom. The van der Waals surface area contributed by atoms with Crippen LogP contribution in [0.4, 0.5) is 5.69 Å². The zero-order chi connectivity index (χ0) is 20.8. The number of methoxy groups -OCH3 is 1. The van der Waals surface area contributed by atoms with Gasteiger partial charge in [-0.15, -0.1) is 0 Å². The molecule has 7 heteroatoms. The van der Waals surface area contributed by atoms with Crippen LogP contribution in [0.3, 0.4) is 0 Å². The minimum absolute atomic E-state index is 0.111. The summed E-state index contributed by atoms with van der Waals surface area (Å²) in [5, 5.41) is 8.06. The number of likely N-dealkylation sites (N-methyl/N-ethyl adjacent to an activating group) is 1. The molecule has 2 aromatic carbocycles. The first kappa shape index (κ1) is 20.9. The van der Waals surface area contributed by atoms with E-state index >= 15 is 0 Å². The molecule has 0 unspecified atom stereocenters. The van der Waals surface area contributed by atoms with Crippen LogP contribution >= 0.6 is 11.6 Å². The fourth-order valence-corrected chi connectivity index (χ4v) is 3.43. The molecular formula is C22H25ClN4O2. The van der Waals surface area contributed by atoms with E-state index in [-0.39, 0.29) is 12.5 Å². The highest BCUT2D eigenvalue weighted by atomic mass is 35.5. The maximum atomic E-state index is 12.6. The molecule has 6 nitrogen and oxygen atoms in total. The van der Waals surface area contributed by atoms with Crippen LogP contribution in [-0.2, 0) is 11.3 Å². The molecule has 1 N–H and O–H groups in total. The second-order valence-corrected chi connectivity index (χ2v) is 7.01. The Labute approximate surface area is 176 Å². The summed E-state index contributed by atoms with van der Waals surface area (Å²) in [4.78, 5) is 14.6. The SMILES string of the molecule is CCN(CC(=O)Nc1ccccc1OC)Cc1c(C)nn(-c2ccccc2)c1Cl. The molecule has 0 saturated carbocycles. The van der Waals surface area contributed by atoms with Crippen LogP contribution in [0.15, 0.2) is 54.6 Å². The van der Waals surface area contributed by atoms with E-state index in [2.05, 4.69) is 10.4 Å². The minimum Gasteiger partial charge on any atom is -0.495 e. The van der Waals surface area contributed by atoms with Gasteiger partial charge in [-0.1, -0.05) is 48.9 Å². The summed E-state index contributed by atoms with van der Waals surface area (Å²) in [7, 11) is 1.58. The summed E-state index contributed by atoms with van der Waals surface area (Å²) < 4.78 is 7.02. The summed E-state index contributed by atoms with van der Waals surface area (Å²) in [6.07, 6.45) is 0. The summed E-state index contributed by atoms with van der Waals surface area (Å²) in [6.45, 7) is 5.42. The second kappa shape index (κ2) is 9.58. The van der Waals surface area contributed by atoms with Gasteiger partial charge in [-0.25, -0.2) is 4.68 Å². The lowest BCUT2D eigenvalue weighted by atomic mass is 10.2. The van der Waals surface area contributed by atoms with E-state index in [9.17, 15) is 4.79 Å². The number of para-hydroxylation sites is 3. The Bertz CT molecular complexity index is 972. The molecule has 3 rings (SSSR count). The highest BCUT2D eigenvalue weighted by molar-refractivity contribution is 6.30. The molecule has 1 amide bonds. The van der Waals surface area contributed by atoms with Crippen LogP contribution in [0.2, 0.25) is 5.15 Å². The van der Waals surface area contributed by atoms with Gasteiger partial charge in [0, 0.05) is 12.1 Å². The fraction of sp³-hybridized carbons (Fsp3) is 0.273. The molecule has 0 aliphatic rings. The Kier molecular flexibility index (Phi) is 6.90. The first-order chi connectivity index (χ1) is 14.0. The Morgan fingerprint density at radius 2 is 1.86 bits per heavy atom. The first-order valence-electron chi connectivity index (χ1n) is 9.48. The predicted octanol–water partition coefficient (Wildman–Crippen LogP) is 4.30. The molecule has 0 fully saturated rings. The lowest BCUT2D eigenvalue weighted by Crippen LogP contribution is -2.33. The van der Waals surface area contributed by atoms with Gasteiger partial charge in [0.25, 0.3) is 0 Å². The summed E-state index contributed by atoms with van der Waals surface area (Å²) >= 11 is 6.63. The zero-order valence-electron chi connectivity index (χ0n) is 16.9. The molecule has 3 aromatic rings. The largest absolute Gasteiger partial charge is 0.495 e. The minimum atomic E-state index is -0.111. The van der Waals surface area contributed by atoms with E-state index in [1.807, 2.05) is 73.3 Å². The predicted molar refractivity (Wildman–Crippen MR) is 116 cm³/mol. The third-order valence-corrected chi connectivity index (χ3v) is 5.09. The number of hydrogen-bond donors (Lipinski definition) is 1. The fourth-order valence-electron chi connectivity index (χ4n) is 3.10. The van der Waals surface area contributed by atoms with E-state index in [1.165, 1.54) is 0 Å². The summed E-state index contributed by atoms with van der Waals surface area (Å²) in [5.41, 5.74) is 3.33. The third-order valence-electron chi connectivity index (χ3n) is 4.70. The van der Waals surface area contributed by atoms with Crippen LogP contribution in [0.5, 0.6) is 5.75 Å². The van der Waals surface area contributed by atoms with E-state index < -0.39 is 0 Å². The average molecular weight is 413 g/mol. The van der Waals surface area contributed by atoms with Crippen molar-refractivity contribution in [1.29, 1.82) is 0 Å². The lowest BCUT2D eigenvalue weighted by molar-refractivity contribution is -0.117. The number of carbonyl (C=O) groups excluding carboxylic acids is 1. The summed E-state index contributed by atoms with van der Waals surface area (Å²) in [5.74, 6) is 0.521. The van der Waals surface area contributed by atoms with E-state index in [1.54, 1.807) is 11.8 Å². The maximum Gasteiger partial charge on any atom is 0.238 e. The maximum absolute atomic E-state index is 12.6. The first-order valence-corrected chi connectivity index (χ1v) is 9.86. The van der Waals surface area contributed by atoms with Crippen LogP contribution in [0.25, 0.3) is 5.69 Å². The normalized spacial score (nSPS) is 10.9. The van der Waals surface area contributed by atoms with Crippen molar-refractivity contribution in [3.63, 3.8) is 0 Å². The van der Waals surface area contributed by atoms with Gasteiger partial charge in [0.15, 0.2) is 0 Å². The number of nitrogens with zero attached hydrogens (tertiary/aromatic N) is 3. The molecular weight excluding hydrogens is 388 g/mol. The van der Waals surface area contributed by atoms with Gasteiger partial charge in [0.2, 0.25) is 5.91 Å². The van der Waals surface area contributed by atoms with Gasteiger partial charge in [-0.2, -0.15) is 5.10 Å². The molecule has 0 aliphatic heterocycles. The number of halogens is 1. The Morgan fingerprint density at radius 1 is 1.17 bits per heavy atom. The zero-order valence-corrected chi connectivity index (χ0v) is 17.6. The number of amides is 1. The van der Waals surface area contributed by atoms with Crippen molar-refractivity contribution >= 4 is 23.2 Å². The van der Waals surface area contributed by atoms with Crippen molar-refractivity contribution in [2.24, 2.45) is 0 Å². The van der Waals surface area contributed by atoms with Gasteiger partial charge in [0.1, 0.15) is 10.9 Å². The van der Waals surface area contributed by atoms with Gasteiger partial charge >= 0.3 is 0 Å². The monoisotopic (exact) mass is 412 g/mol. The molecule has 0 saturated heterocycles. The second-order valence-electron chi connectivity index (χ2n) is 6.65. The van der Waals surface area contributed by atoms with Gasteiger partial charge in [0.05, 0.1) is 30.7 Å². The highest BCUT2D eigenvalue weighted by Crippen LogP contribution is 2.25. The van der Waals surface area contributed by atoms with E-state index in [0.717, 1.165) is 16.9 Å². The number of anilines is 1. The molecule has 0 spiro atoms. The van der Waals surface area contributed by atoms with Crippen molar-refractivity contribution < 1.29 is 9.53 Å². The van der Waals surface area contributed by atoms with Crippen LogP contribution in [0, 0.1) is 6.92 Å². The van der Waals surface area contributed by atoms with Crippen LogP contribution in [0.1, 0.15) is 18.2 Å². The number of nitrogens with one attached hydrogen (secondary N) is 1. The number of ether oxygens (including phenoxy) is 1. The molecule has 29 heavy (non-hydrogen) atoms. The van der Waals surface area contributed by atoms with Crippen molar-refractivity contribution in [3.05, 3.63) is 71.0 Å². The quantitative estimate of drug-likeness (QED) is 0.599. The number of carbonyl (C=O) groups is 1. The standard InChI is InChI=1S/C22H25ClN4O2/c1-4-26(15-21(28)24-19-12-8-9-13-20(19)29-3)14-18-16(2)25-27(22(18)23)17-10-6-5-7-11-17/h5-13H,4,14-15H2,1-3H3,(H,24,28). The van der Waals surface area contributed by atoms with Gasteiger partial charge in [-0.3, -0.25) is 9.69 Å². The Balaban J connectivity index is 1.72. The van der Waals surface area contributed by atoms with Crippen molar-refractivity contribution in [2.75, 3.05) is 25.5 Å². The smallest absolute Gasteiger partial charge is 0.238 e. The van der Waals surface area contributed by atoms with E-state index in [4.69, 9.17) is 16.3 Å². The van der Waals surface area contributed by atoms with Gasteiger partial charge in [-0.05, 0) is 37.7 Å². The molecule has 1 aromatic heterocycles. The molecule has 0 atom stereocenters. The van der Waals surface area contributed by atoms with Gasteiger partial charge < -0.3 is 10.1 Å². The number of hydrogen-bond acceptors (Lipinski definition) is 4. The molecule has 0 bridgehead atoms. The van der Waals surface area contributed by atoms with Crippen molar-refractivity contribution in [2.45, 2.75) is 20.4 Å². The number of aromatic nitrogens is 2. The van der Waals surface area contributed by atoms with Crippen molar-refractivity contribution in [3.8, 4) is 11.4 Å². The van der Waals surface area contributed by atoms with Crippen molar-refractivity contribution in [1.82, 2.24) is 14.7 Å². The highest BCUT2D eigenvalue weighted by Gasteiger charge is 2.19. The lowest BCUT2D eigenvalue weighted by Gasteiger charge is -2.20. The number of aryl methyl sites for hydroxylation is 1. The summed E-state index contributed by atoms with van der Waals surface area (Å²) in [6, 6.07) is 17.1. The van der Waals surface area contributed by atoms with E-state index in [0.29, 0.717) is 29.7 Å². The Hall–Kier alpha value is -2.83. The number of rotatable bonds is 8. The molecule has 152 valence electrons. The molecule has 0 aliphatic carbocycles. The topological polar surface area (TPSA) is 59.4 Å². The number of benzene rings is 2.